The maximum absolute atomic E-state index is 6.21. The van der Waals surface area contributed by atoms with Crippen LogP contribution in [0.1, 0.15) is 58.5 Å². The number of aromatic amines is 1. The molecule has 21 heavy (non-hydrogen) atoms. The highest BCUT2D eigenvalue weighted by Gasteiger charge is 2.48. The minimum Gasteiger partial charge on any atom is -0.378 e. The first-order valence-corrected chi connectivity index (χ1v) is 8.45. The van der Waals surface area contributed by atoms with Gasteiger partial charge in [-0.3, -0.25) is 0 Å². The Morgan fingerprint density at radius 2 is 2.19 bits per heavy atom. The highest BCUT2D eigenvalue weighted by Crippen LogP contribution is 2.42. The van der Waals surface area contributed by atoms with E-state index in [1.165, 1.54) is 6.42 Å². The lowest BCUT2D eigenvalue weighted by Crippen LogP contribution is -2.60. The van der Waals surface area contributed by atoms with E-state index in [1.807, 2.05) is 0 Å². The predicted molar refractivity (Wildman–Crippen MR) is 86.6 cm³/mol. The molecule has 1 aliphatic carbocycles. The number of unbranched alkanes of at least 4 members (excludes halogenated alkanes) is 1. The Bertz CT molecular complexity index is 458. The molecule has 0 amide bonds. The first kappa shape index (κ1) is 16.8. The van der Waals surface area contributed by atoms with Crippen molar-refractivity contribution in [3.05, 3.63) is 16.7 Å². The van der Waals surface area contributed by atoms with Crippen LogP contribution in [0, 0.1) is 5.41 Å². The van der Waals surface area contributed by atoms with Gasteiger partial charge in [-0.05, 0) is 19.8 Å². The van der Waals surface area contributed by atoms with Gasteiger partial charge in [0.25, 0.3) is 0 Å². The Balaban J connectivity index is 1.85. The zero-order chi connectivity index (χ0) is 15.5. The van der Waals surface area contributed by atoms with Gasteiger partial charge in [0.1, 0.15) is 5.82 Å². The second-order valence-corrected chi connectivity index (χ2v) is 6.85. The van der Waals surface area contributed by atoms with E-state index in [-0.39, 0.29) is 5.41 Å². The summed E-state index contributed by atoms with van der Waals surface area (Å²) in [6, 6.07) is 0.465. The topological polar surface area (TPSA) is 49.9 Å². The molecule has 0 radical (unpaired) electrons. The van der Waals surface area contributed by atoms with Gasteiger partial charge in [-0.15, -0.1) is 0 Å². The molecule has 1 aromatic rings. The smallest absolute Gasteiger partial charge is 0.151 e. The Hall–Kier alpha value is -0.580. The van der Waals surface area contributed by atoms with Gasteiger partial charge in [-0.1, -0.05) is 38.8 Å². The molecule has 2 N–H and O–H groups in total. The van der Waals surface area contributed by atoms with Gasteiger partial charge >= 0.3 is 0 Å². The molecule has 1 aromatic heterocycles. The van der Waals surface area contributed by atoms with Gasteiger partial charge in [0.2, 0.25) is 0 Å². The summed E-state index contributed by atoms with van der Waals surface area (Å²) in [5.74, 6) is 0.999. The number of hydrogen-bond donors (Lipinski definition) is 2. The lowest BCUT2D eigenvalue weighted by molar-refractivity contribution is -0.114. The normalized spacial score (nSPS) is 24.0. The van der Waals surface area contributed by atoms with Crippen molar-refractivity contribution in [2.45, 2.75) is 72.1 Å². The summed E-state index contributed by atoms with van der Waals surface area (Å²) in [5.41, 5.74) is 1.17. The molecule has 120 valence electrons. The largest absolute Gasteiger partial charge is 0.378 e. The number of aromatic nitrogens is 2. The fraction of sp³-hybridized carbons (Fsp3) is 0.812. The highest BCUT2D eigenvalue weighted by molar-refractivity contribution is 6.30. The molecule has 0 aliphatic heterocycles. The van der Waals surface area contributed by atoms with Crippen molar-refractivity contribution in [2.24, 2.45) is 5.41 Å². The first-order chi connectivity index (χ1) is 9.98. The molecule has 5 heteroatoms. The van der Waals surface area contributed by atoms with E-state index in [2.05, 4.69) is 43.0 Å². The number of ether oxygens (including phenoxy) is 1. The van der Waals surface area contributed by atoms with Crippen molar-refractivity contribution in [2.75, 3.05) is 6.61 Å². The van der Waals surface area contributed by atoms with E-state index < -0.39 is 0 Å². The third-order valence-electron chi connectivity index (χ3n) is 4.62. The van der Waals surface area contributed by atoms with Crippen LogP contribution in [0.2, 0.25) is 5.15 Å². The molecular formula is C16H28ClN3O. The number of imidazole rings is 1. The summed E-state index contributed by atoms with van der Waals surface area (Å²) in [4.78, 5) is 7.74. The lowest BCUT2D eigenvalue weighted by atomic mass is 9.64. The number of nitrogens with one attached hydrogen (secondary N) is 2. The number of aryl methyl sites for hydroxylation is 1. The highest BCUT2D eigenvalue weighted by atomic mass is 35.5. The van der Waals surface area contributed by atoms with Gasteiger partial charge < -0.3 is 15.0 Å². The number of hydrogen-bond acceptors (Lipinski definition) is 3. The fourth-order valence-corrected chi connectivity index (χ4v) is 3.18. The van der Waals surface area contributed by atoms with E-state index in [9.17, 15) is 0 Å². The average molecular weight is 314 g/mol. The second-order valence-electron chi connectivity index (χ2n) is 6.49. The average Bonchev–Trinajstić information content (AvgIpc) is 2.80. The Kier molecular flexibility index (Phi) is 5.69. The summed E-state index contributed by atoms with van der Waals surface area (Å²) in [5, 5.41) is 4.19. The SMILES string of the molecule is CCCCc1nc(Cl)c(CNC2CC(OCC)C2(C)C)[nH]1. The van der Waals surface area contributed by atoms with Crippen molar-refractivity contribution < 1.29 is 4.74 Å². The van der Waals surface area contributed by atoms with Crippen LogP contribution in [0.25, 0.3) is 0 Å². The number of nitrogens with zero attached hydrogens (tertiary/aromatic N) is 1. The van der Waals surface area contributed by atoms with Crippen LogP contribution in [0.4, 0.5) is 0 Å². The number of H-pyrrole nitrogens is 1. The molecular weight excluding hydrogens is 286 g/mol. The van der Waals surface area contributed by atoms with Crippen LogP contribution in [0.3, 0.4) is 0 Å². The molecule has 0 saturated heterocycles. The molecule has 0 bridgehead atoms. The number of halogens is 1. The Morgan fingerprint density at radius 3 is 2.81 bits per heavy atom. The van der Waals surface area contributed by atoms with E-state index in [0.29, 0.717) is 17.3 Å². The van der Waals surface area contributed by atoms with Crippen molar-refractivity contribution in [3.63, 3.8) is 0 Å². The van der Waals surface area contributed by atoms with Crippen LogP contribution in [-0.4, -0.2) is 28.7 Å². The molecule has 1 fully saturated rings. The van der Waals surface area contributed by atoms with Crippen molar-refractivity contribution in [1.82, 2.24) is 15.3 Å². The van der Waals surface area contributed by atoms with Crippen molar-refractivity contribution >= 4 is 11.6 Å². The van der Waals surface area contributed by atoms with E-state index in [4.69, 9.17) is 16.3 Å². The van der Waals surface area contributed by atoms with Crippen LogP contribution in [0.15, 0.2) is 0 Å². The summed E-state index contributed by atoms with van der Waals surface area (Å²) < 4.78 is 5.76. The van der Waals surface area contributed by atoms with Gasteiger partial charge in [0.05, 0.1) is 11.8 Å². The van der Waals surface area contributed by atoms with Gasteiger partial charge in [0.15, 0.2) is 5.15 Å². The zero-order valence-corrected chi connectivity index (χ0v) is 14.4. The zero-order valence-electron chi connectivity index (χ0n) is 13.6. The third kappa shape index (κ3) is 3.79. The Morgan fingerprint density at radius 1 is 1.43 bits per heavy atom. The molecule has 0 aromatic carbocycles. The number of rotatable bonds is 8. The van der Waals surface area contributed by atoms with E-state index in [0.717, 1.165) is 43.9 Å². The molecule has 2 unspecified atom stereocenters. The molecule has 4 nitrogen and oxygen atoms in total. The maximum atomic E-state index is 6.21. The Labute approximate surface area is 133 Å². The summed E-state index contributed by atoms with van der Waals surface area (Å²) in [6.45, 7) is 10.3. The van der Waals surface area contributed by atoms with Crippen molar-refractivity contribution in [3.8, 4) is 0 Å². The van der Waals surface area contributed by atoms with Crippen LogP contribution < -0.4 is 5.32 Å². The molecule has 1 aliphatic rings. The summed E-state index contributed by atoms with van der Waals surface area (Å²) in [7, 11) is 0. The summed E-state index contributed by atoms with van der Waals surface area (Å²) >= 11 is 6.21. The van der Waals surface area contributed by atoms with E-state index in [1.54, 1.807) is 0 Å². The monoisotopic (exact) mass is 313 g/mol. The maximum Gasteiger partial charge on any atom is 0.151 e. The van der Waals surface area contributed by atoms with Gasteiger partial charge in [-0.25, -0.2) is 4.98 Å². The first-order valence-electron chi connectivity index (χ1n) is 8.07. The van der Waals surface area contributed by atoms with Gasteiger partial charge in [0, 0.05) is 31.0 Å². The van der Waals surface area contributed by atoms with Crippen LogP contribution >= 0.6 is 11.6 Å². The lowest BCUT2D eigenvalue weighted by Gasteiger charge is -2.51. The standard InChI is InChI=1S/C16H28ClN3O/c1-5-7-8-14-19-11(15(17)20-14)10-18-12-9-13(21-6-2)16(12,3)4/h12-13,18H,5-10H2,1-4H3,(H,19,20). The molecule has 0 spiro atoms. The van der Waals surface area contributed by atoms with Crippen LogP contribution in [-0.2, 0) is 17.7 Å². The third-order valence-corrected chi connectivity index (χ3v) is 4.93. The van der Waals surface area contributed by atoms with E-state index >= 15 is 0 Å². The minimum atomic E-state index is 0.174. The molecule has 1 saturated carbocycles. The second kappa shape index (κ2) is 7.12. The quantitative estimate of drug-likeness (QED) is 0.769. The van der Waals surface area contributed by atoms with Crippen molar-refractivity contribution in [1.29, 1.82) is 0 Å². The molecule has 2 rings (SSSR count). The van der Waals surface area contributed by atoms with Crippen LogP contribution in [0.5, 0.6) is 0 Å². The minimum absolute atomic E-state index is 0.174. The molecule has 1 heterocycles. The van der Waals surface area contributed by atoms with Gasteiger partial charge in [-0.2, -0.15) is 0 Å². The fourth-order valence-electron chi connectivity index (χ4n) is 2.96. The molecule has 2 atom stereocenters. The predicted octanol–water partition coefficient (Wildman–Crippen LogP) is 3.70. The summed E-state index contributed by atoms with van der Waals surface area (Å²) in [6.07, 6.45) is 4.70.